The SMILES string of the molecule is C/C=C(/C)CNO. The van der Waals surface area contributed by atoms with Gasteiger partial charge >= 0.3 is 0 Å². The van der Waals surface area contributed by atoms with Crippen LogP contribution in [0.25, 0.3) is 0 Å². The van der Waals surface area contributed by atoms with Crippen molar-refractivity contribution < 1.29 is 5.21 Å². The Hall–Kier alpha value is -0.340. The zero-order valence-electron chi connectivity index (χ0n) is 4.73. The molecule has 0 atom stereocenters. The van der Waals surface area contributed by atoms with E-state index in [0.717, 1.165) is 5.57 Å². The summed E-state index contributed by atoms with van der Waals surface area (Å²) in [7, 11) is 0. The minimum Gasteiger partial charge on any atom is -0.317 e. The highest BCUT2D eigenvalue weighted by atomic mass is 16.5. The lowest BCUT2D eigenvalue weighted by Gasteiger charge is -1.92. The molecular weight excluding hydrogens is 90.1 g/mol. The summed E-state index contributed by atoms with van der Waals surface area (Å²) >= 11 is 0. The third-order valence-corrected chi connectivity index (χ3v) is 0.851. The molecule has 0 heterocycles. The lowest BCUT2D eigenvalue weighted by atomic mass is 10.3. The summed E-state index contributed by atoms with van der Waals surface area (Å²) in [4.78, 5) is 0. The standard InChI is InChI=1S/C5H11NO/c1-3-5(2)4-6-7/h3,6-7H,4H2,1-2H3/b5-3-. The van der Waals surface area contributed by atoms with Crippen molar-refractivity contribution in [2.45, 2.75) is 13.8 Å². The molecule has 0 rings (SSSR count). The minimum atomic E-state index is 0.566. The molecule has 2 heteroatoms. The monoisotopic (exact) mass is 101 g/mol. The largest absolute Gasteiger partial charge is 0.317 e. The summed E-state index contributed by atoms with van der Waals surface area (Å²) < 4.78 is 0. The number of hydroxylamine groups is 1. The Labute approximate surface area is 43.8 Å². The molecule has 0 fully saturated rings. The molecule has 2 nitrogen and oxygen atoms in total. The third kappa shape index (κ3) is 3.49. The Morgan fingerprint density at radius 1 is 1.86 bits per heavy atom. The Bertz CT molecular complexity index is 68.5. The maximum atomic E-state index is 8.08. The molecule has 0 unspecified atom stereocenters. The fourth-order valence-electron chi connectivity index (χ4n) is 0.227. The Morgan fingerprint density at radius 3 is 2.57 bits per heavy atom. The molecule has 0 aliphatic heterocycles. The van der Waals surface area contributed by atoms with Crippen molar-refractivity contribution in [3.8, 4) is 0 Å². The maximum absolute atomic E-state index is 8.08. The summed E-state index contributed by atoms with van der Waals surface area (Å²) in [6.07, 6.45) is 1.95. The highest BCUT2D eigenvalue weighted by molar-refractivity contribution is 4.96. The molecule has 0 saturated heterocycles. The Kier molecular flexibility index (Phi) is 3.65. The van der Waals surface area contributed by atoms with Gasteiger partial charge in [-0.2, -0.15) is 0 Å². The first-order valence-corrected chi connectivity index (χ1v) is 2.30. The molecule has 0 aliphatic carbocycles. The van der Waals surface area contributed by atoms with Gasteiger partial charge in [-0.15, -0.1) is 0 Å². The van der Waals surface area contributed by atoms with Gasteiger partial charge in [0.05, 0.1) is 0 Å². The van der Waals surface area contributed by atoms with Crippen LogP contribution in [0.1, 0.15) is 13.8 Å². The molecule has 7 heavy (non-hydrogen) atoms. The van der Waals surface area contributed by atoms with Gasteiger partial charge < -0.3 is 5.21 Å². The molecule has 0 amide bonds. The van der Waals surface area contributed by atoms with Gasteiger partial charge in [0.1, 0.15) is 0 Å². The van der Waals surface area contributed by atoms with Crippen LogP contribution in [0.4, 0.5) is 0 Å². The molecule has 0 saturated carbocycles. The summed E-state index contributed by atoms with van der Waals surface area (Å²) in [5, 5.41) is 8.08. The average Bonchev–Trinajstić information content (AvgIpc) is 1.68. The highest BCUT2D eigenvalue weighted by Gasteiger charge is 1.79. The summed E-state index contributed by atoms with van der Waals surface area (Å²) in [6, 6.07) is 0. The average molecular weight is 101 g/mol. The van der Waals surface area contributed by atoms with Crippen LogP contribution in [0.2, 0.25) is 0 Å². The van der Waals surface area contributed by atoms with Crippen LogP contribution in [0.15, 0.2) is 11.6 Å². The van der Waals surface area contributed by atoms with Crippen LogP contribution in [0, 0.1) is 0 Å². The van der Waals surface area contributed by atoms with Gasteiger partial charge in [0, 0.05) is 6.54 Å². The van der Waals surface area contributed by atoms with Crippen molar-refractivity contribution in [1.29, 1.82) is 0 Å². The van der Waals surface area contributed by atoms with Crippen molar-refractivity contribution in [2.24, 2.45) is 0 Å². The van der Waals surface area contributed by atoms with Crippen molar-refractivity contribution in [1.82, 2.24) is 5.48 Å². The van der Waals surface area contributed by atoms with E-state index in [9.17, 15) is 0 Å². The van der Waals surface area contributed by atoms with Crippen molar-refractivity contribution >= 4 is 0 Å². The van der Waals surface area contributed by atoms with E-state index in [4.69, 9.17) is 5.21 Å². The zero-order chi connectivity index (χ0) is 5.70. The number of rotatable bonds is 2. The Morgan fingerprint density at radius 2 is 2.43 bits per heavy atom. The molecular formula is C5H11NO. The predicted molar refractivity (Wildman–Crippen MR) is 29.2 cm³/mol. The smallest absolute Gasteiger partial charge is 0.0414 e. The molecule has 0 radical (unpaired) electrons. The van der Waals surface area contributed by atoms with E-state index in [1.807, 2.05) is 19.9 Å². The molecule has 0 aliphatic rings. The molecule has 0 aromatic heterocycles. The summed E-state index contributed by atoms with van der Waals surface area (Å²) in [5.41, 5.74) is 3.19. The van der Waals surface area contributed by atoms with Crippen LogP contribution in [-0.2, 0) is 0 Å². The van der Waals surface area contributed by atoms with E-state index < -0.39 is 0 Å². The van der Waals surface area contributed by atoms with Gasteiger partial charge in [-0.25, -0.2) is 5.48 Å². The topological polar surface area (TPSA) is 32.3 Å². The first-order valence-electron chi connectivity index (χ1n) is 2.30. The summed E-state index contributed by atoms with van der Waals surface area (Å²) in [5.74, 6) is 0. The minimum absolute atomic E-state index is 0.566. The van der Waals surface area contributed by atoms with Gasteiger partial charge in [-0.3, -0.25) is 0 Å². The lowest BCUT2D eigenvalue weighted by molar-refractivity contribution is 0.177. The van der Waals surface area contributed by atoms with Crippen molar-refractivity contribution in [3.63, 3.8) is 0 Å². The van der Waals surface area contributed by atoms with Crippen molar-refractivity contribution in [3.05, 3.63) is 11.6 Å². The molecule has 0 aromatic carbocycles. The van der Waals surface area contributed by atoms with E-state index in [-0.39, 0.29) is 0 Å². The molecule has 0 spiro atoms. The van der Waals surface area contributed by atoms with Crippen LogP contribution >= 0.6 is 0 Å². The van der Waals surface area contributed by atoms with Gasteiger partial charge in [-0.05, 0) is 13.8 Å². The highest BCUT2D eigenvalue weighted by Crippen LogP contribution is 1.84. The van der Waals surface area contributed by atoms with Crippen LogP contribution in [0.5, 0.6) is 0 Å². The van der Waals surface area contributed by atoms with Gasteiger partial charge in [0.15, 0.2) is 0 Å². The van der Waals surface area contributed by atoms with E-state index in [0.29, 0.717) is 6.54 Å². The fraction of sp³-hybridized carbons (Fsp3) is 0.600. The second kappa shape index (κ2) is 3.84. The van der Waals surface area contributed by atoms with Gasteiger partial charge in [0.25, 0.3) is 0 Å². The zero-order valence-corrected chi connectivity index (χ0v) is 4.73. The summed E-state index contributed by atoms with van der Waals surface area (Å²) in [6.45, 7) is 4.45. The Balaban J connectivity index is 3.17. The first kappa shape index (κ1) is 6.66. The number of allylic oxidation sites excluding steroid dienone is 1. The van der Waals surface area contributed by atoms with Gasteiger partial charge in [0.2, 0.25) is 0 Å². The number of nitrogens with one attached hydrogen (secondary N) is 1. The number of hydrogen-bond donors (Lipinski definition) is 2. The fourth-order valence-corrected chi connectivity index (χ4v) is 0.227. The van der Waals surface area contributed by atoms with E-state index >= 15 is 0 Å². The normalized spacial score (nSPS) is 12.1. The molecule has 42 valence electrons. The van der Waals surface area contributed by atoms with Crippen LogP contribution in [0.3, 0.4) is 0 Å². The number of hydrogen-bond acceptors (Lipinski definition) is 2. The van der Waals surface area contributed by atoms with Gasteiger partial charge in [-0.1, -0.05) is 11.6 Å². The molecule has 0 aromatic rings. The van der Waals surface area contributed by atoms with E-state index in [1.165, 1.54) is 0 Å². The van der Waals surface area contributed by atoms with E-state index in [1.54, 1.807) is 0 Å². The molecule has 0 bridgehead atoms. The first-order chi connectivity index (χ1) is 3.31. The lowest BCUT2D eigenvalue weighted by Crippen LogP contribution is -2.08. The predicted octanol–water partition coefficient (Wildman–Crippen LogP) is 0.931. The van der Waals surface area contributed by atoms with E-state index in [2.05, 4.69) is 5.48 Å². The van der Waals surface area contributed by atoms with Crippen LogP contribution < -0.4 is 5.48 Å². The second-order valence-corrected chi connectivity index (χ2v) is 1.47. The quantitative estimate of drug-likeness (QED) is 0.400. The van der Waals surface area contributed by atoms with Crippen LogP contribution in [-0.4, -0.2) is 11.8 Å². The maximum Gasteiger partial charge on any atom is 0.0414 e. The van der Waals surface area contributed by atoms with Crippen molar-refractivity contribution in [2.75, 3.05) is 6.54 Å². The third-order valence-electron chi connectivity index (χ3n) is 0.851. The second-order valence-electron chi connectivity index (χ2n) is 1.47. The molecule has 2 N–H and O–H groups in total.